The van der Waals surface area contributed by atoms with E-state index in [0.29, 0.717) is 57.7 Å². The summed E-state index contributed by atoms with van der Waals surface area (Å²) in [7, 11) is 5.99. The number of hydrogen-bond acceptors (Lipinski definition) is 10. The zero-order valence-electron chi connectivity index (χ0n) is 20.5. The van der Waals surface area contributed by atoms with Crippen LogP contribution in [0.2, 0.25) is 0 Å². The summed E-state index contributed by atoms with van der Waals surface area (Å²) in [5, 5.41) is 3.70. The molecule has 0 amide bonds. The molecule has 0 atom stereocenters. The number of fused-ring (bicyclic) bond motifs is 1. The lowest BCUT2D eigenvalue weighted by Gasteiger charge is -2.14. The number of ketones is 1. The maximum Gasteiger partial charge on any atom is 0.311 e. The molecule has 3 aromatic rings. The fourth-order valence-electron chi connectivity index (χ4n) is 3.83. The van der Waals surface area contributed by atoms with E-state index >= 15 is 0 Å². The van der Waals surface area contributed by atoms with E-state index in [-0.39, 0.29) is 23.7 Å². The summed E-state index contributed by atoms with van der Waals surface area (Å²) in [6.45, 7) is 1.75. The van der Waals surface area contributed by atoms with Gasteiger partial charge in [-0.15, -0.1) is 0 Å². The average molecular weight is 495 g/mol. The molecule has 0 N–H and O–H groups in total. The van der Waals surface area contributed by atoms with Crippen molar-refractivity contribution < 1.29 is 42.5 Å². The molecule has 1 aliphatic rings. The summed E-state index contributed by atoms with van der Waals surface area (Å²) >= 11 is 0. The number of aryl methyl sites for hydroxylation is 2. The van der Waals surface area contributed by atoms with Crippen molar-refractivity contribution >= 4 is 17.8 Å². The number of benzene rings is 2. The molecule has 10 nitrogen and oxygen atoms in total. The Balaban J connectivity index is 1.52. The van der Waals surface area contributed by atoms with Crippen molar-refractivity contribution in [2.75, 3.05) is 28.4 Å². The Labute approximate surface area is 207 Å². The van der Waals surface area contributed by atoms with Gasteiger partial charge >= 0.3 is 5.97 Å². The van der Waals surface area contributed by atoms with Gasteiger partial charge in [0.15, 0.2) is 17.3 Å². The van der Waals surface area contributed by atoms with Crippen LogP contribution in [0.5, 0.6) is 34.6 Å². The van der Waals surface area contributed by atoms with Gasteiger partial charge < -0.3 is 32.9 Å². The highest BCUT2D eigenvalue weighted by molar-refractivity contribution is 6.15. The highest BCUT2D eigenvalue weighted by Gasteiger charge is 2.31. The first kappa shape index (κ1) is 24.6. The summed E-state index contributed by atoms with van der Waals surface area (Å²) in [5.41, 5.74) is 1.58. The van der Waals surface area contributed by atoms with Crippen LogP contribution >= 0.6 is 0 Å². The SMILES string of the molecule is COc1cc(CCC(=O)Oc2cc(C)c3c(c2)O/C(=C\c2ccc(OC)c(OC)c2OC)C3=O)on1. The summed E-state index contributed by atoms with van der Waals surface area (Å²) < 4.78 is 37.6. The third kappa shape index (κ3) is 4.83. The Bertz CT molecular complexity index is 1340. The van der Waals surface area contributed by atoms with Crippen molar-refractivity contribution in [3.05, 3.63) is 58.5 Å². The minimum absolute atomic E-state index is 0.0680. The molecule has 0 saturated heterocycles. The lowest BCUT2D eigenvalue weighted by atomic mass is 10.0. The van der Waals surface area contributed by atoms with E-state index in [1.165, 1.54) is 34.5 Å². The number of hydrogen-bond donors (Lipinski definition) is 0. The minimum atomic E-state index is -0.472. The van der Waals surface area contributed by atoms with Crippen molar-refractivity contribution in [1.29, 1.82) is 0 Å². The molecule has 0 saturated carbocycles. The number of ether oxygens (including phenoxy) is 6. The van der Waals surface area contributed by atoms with E-state index < -0.39 is 5.97 Å². The van der Waals surface area contributed by atoms with Crippen LogP contribution in [0, 0.1) is 6.92 Å². The topological polar surface area (TPSA) is 116 Å². The van der Waals surface area contributed by atoms with Crippen molar-refractivity contribution in [1.82, 2.24) is 5.16 Å². The van der Waals surface area contributed by atoms with Gasteiger partial charge in [0.1, 0.15) is 17.3 Å². The lowest BCUT2D eigenvalue weighted by Crippen LogP contribution is -2.09. The Morgan fingerprint density at radius 2 is 1.78 bits per heavy atom. The van der Waals surface area contributed by atoms with Crippen LogP contribution in [-0.4, -0.2) is 45.3 Å². The highest BCUT2D eigenvalue weighted by atomic mass is 16.5. The molecule has 2 heterocycles. The Morgan fingerprint density at radius 1 is 1.00 bits per heavy atom. The molecule has 188 valence electrons. The summed E-state index contributed by atoms with van der Waals surface area (Å²) in [6.07, 6.45) is 1.94. The number of carbonyl (C=O) groups excluding carboxylic acids is 2. The van der Waals surface area contributed by atoms with Crippen LogP contribution < -0.4 is 28.4 Å². The summed E-state index contributed by atoms with van der Waals surface area (Å²) in [5.74, 6) is 2.02. The van der Waals surface area contributed by atoms with Gasteiger partial charge in [0.05, 0.1) is 40.4 Å². The van der Waals surface area contributed by atoms with E-state index in [2.05, 4.69) is 5.16 Å². The number of rotatable bonds is 9. The molecule has 10 heteroatoms. The molecular formula is C26H25NO9. The van der Waals surface area contributed by atoms with Crippen LogP contribution in [0.1, 0.15) is 33.7 Å². The fourth-order valence-corrected chi connectivity index (χ4v) is 3.83. The van der Waals surface area contributed by atoms with Gasteiger partial charge in [-0.25, -0.2) is 0 Å². The van der Waals surface area contributed by atoms with Gasteiger partial charge in [0.2, 0.25) is 11.5 Å². The second-order valence-electron chi connectivity index (χ2n) is 7.79. The van der Waals surface area contributed by atoms with Crippen molar-refractivity contribution in [2.45, 2.75) is 19.8 Å². The highest BCUT2D eigenvalue weighted by Crippen LogP contribution is 2.42. The third-order valence-electron chi connectivity index (χ3n) is 5.52. The van der Waals surface area contributed by atoms with Gasteiger partial charge in [-0.3, -0.25) is 9.59 Å². The third-order valence-corrected chi connectivity index (χ3v) is 5.52. The molecule has 0 bridgehead atoms. The molecule has 2 aromatic carbocycles. The average Bonchev–Trinajstić information content (AvgIpc) is 3.46. The summed E-state index contributed by atoms with van der Waals surface area (Å²) in [4.78, 5) is 25.5. The molecule has 0 aliphatic carbocycles. The maximum atomic E-state index is 13.1. The van der Waals surface area contributed by atoms with Gasteiger partial charge in [-0.05, 0) is 41.9 Å². The molecule has 0 spiro atoms. The largest absolute Gasteiger partial charge is 0.493 e. The van der Waals surface area contributed by atoms with E-state index in [4.69, 9.17) is 32.9 Å². The standard InChI is InChI=1S/C26H25NO9/c1-14-10-17(34-22(28)9-7-16-13-21(31-3)27-36-16)12-19-23(14)24(29)20(35-19)11-15-6-8-18(30-2)26(33-5)25(15)32-4/h6,8,10-13H,7,9H2,1-5H3/b20-11-. The lowest BCUT2D eigenvalue weighted by molar-refractivity contribution is -0.134. The molecule has 0 radical (unpaired) electrons. The molecule has 0 fully saturated rings. The predicted molar refractivity (Wildman–Crippen MR) is 127 cm³/mol. The van der Waals surface area contributed by atoms with E-state index in [1.807, 2.05) is 0 Å². The number of esters is 1. The summed E-state index contributed by atoms with van der Waals surface area (Å²) in [6, 6.07) is 8.18. The van der Waals surface area contributed by atoms with Gasteiger partial charge in [-0.1, -0.05) is 0 Å². The number of carbonyl (C=O) groups is 2. The van der Waals surface area contributed by atoms with Crippen molar-refractivity contribution in [2.24, 2.45) is 0 Å². The Kier molecular flexibility index (Phi) is 7.14. The monoisotopic (exact) mass is 495 g/mol. The van der Waals surface area contributed by atoms with E-state index in [0.717, 1.165) is 0 Å². The van der Waals surface area contributed by atoms with Crippen LogP contribution in [-0.2, 0) is 11.2 Å². The van der Waals surface area contributed by atoms with Crippen LogP contribution in [0.3, 0.4) is 0 Å². The second-order valence-corrected chi connectivity index (χ2v) is 7.79. The fraction of sp³-hybridized carbons (Fsp3) is 0.269. The van der Waals surface area contributed by atoms with Crippen LogP contribution in [0.4, 0.5) is 0 Å². The smallest absolute Gasteiger partial charge is 0.311 e. The molecule has 1 aliphatic heterocycles. The van der Waals surface area contributed by atoms with Gasteiger partial charge in [-0.2, -0.15) is 0 Å². The Hall–Kier alpha value is -4.47. The molecule has 0 unspecified atom stereocenters. The number of Topliss-reactive ketones (excluding diaryl/α,β-unsaturated/α-hetero) is 1. The number of nitrogens with zero attached hydrogens (tertiary/aromatic N) is 1. The minimum Gasteiger partial charge on any atom is -0.493 e. The zero-order valence-corrected chi connectivity index (χ0v) is 20.5. The van der Waals surface area contributed by atoms with Gasteiger partial charge in [0, 0.05) is 24.1 Å². The first-order valence-corrected chi connectivity index (χ1v) is 11.0. The number of allylic oxidation sites excluding steroid dienone is 1. The molecule has 4 rings (SSSR count). The Morgan fingerprint density at radius 3 is 2.44 bits per heavy atom. The van der Waals surface area contributed by atoms with Crippen molar-refractivity contribution in [3.8, 4) is 34.6 Å². The van der Waals surface area contributed by atoms with E-state index in [9.17, 15) is 9.59 Å². The number of methoxy groups -OCH3 is 4. The van der Waals surface area contributed by atoms with Crippen molar-refractivity contribution in [3.63, 3.8) is 0 Å². The quantitative estimate of drug-likeness (QED) is 0.243. The normalized spacial score (nSPS) is 13.2. The van der Waals surface area contributed by atoms with E-state index in [1.54, 1.807) is 37.3 Å². The zero-order chi connectivity index (χ0) is 25.8. The molecule has 1 aromatic heterocycles. The maximum absolute atomic E-state index is 13.1. The van der Waals surface area contributed by atoms with Gasteiger partial charge in [0.25, 0.3) is 5.88 Å². The number of aromatic nitrogens is 1. The van der Waals surface area contributed by atoms with Crippen LogP contribution in [0.15, 0.2) is 40.6 Å². The second kappa shape index (κ2) is 10.4. The van der Waals surface area contributed by atoms with Crippen LogP contribution in [0.25, 0.3) is 6.08 Å². The first-order valence-electron chi connectivity index (χ1n) is 11.0. The predicted octanol–water partition coefficient (Wildman–Crippen LogP) is 4.17. The first-order chi connectivity index (χ1) is 17.4. The molecular weight excluding hydrogens is 470 g/mol. The molecule has 36 heavy (non-hydrogen) atoms.